The van der Waals surface area contributed by atoms with E-state index in [1.54, 1.807) is 0 Å². The molecule has 1 aromatic heterocycles. The maximum Gasteiger partial charge on any atom is 0.356 e. The van der Waals surface area contributed by atoms with Crippen molar-refractivity contribution in [3.63, 3.8) is 0 Å². The van der Waals surface area contributed by atoms with Gasteiger partial charge in [0.1, 0.15) is 5.82 Å². The number of rotatable bonds is 3. The van der Waals surface area contributed by atoms with Crippen molar-refractivity contribution < 1.29 is 9.90 Å². The van der Waals surface area contributed by atoms with Crippen molar-refractivity contribution in [3.05, 3.63) is 17.2 Å². The number of carbonyl (C=O) groups is 1. The van der Waals surface area contributed by atoms with Crippen LogP contribution in [-0.4, -0.2) is 21.0 Å². The molecule has 150 valence electrons. The number of aromatic carboxylic acids is 1. The van der Waals surface area contributed by atoms with Crippen LogP contribution in [0.25, 0.3) is 0 Å². The van der Waals surface area contributed by atoms with Crippen molar-refractivity contribution in [2.75, 3.05) is 0 Å². The van der Waals surface area contributed by atoms with Gasteiger partial charge in [-0.05, 0) is 113 Å². The highest BCUT2D eigenvalue weighted by atomic mass is 16.4. The molecule has 8 aliphatic carbocycles. The highest BCUT2D eigenvalue weighted by molar-refractivity contribution is 5.87. The minimum atomic E-state index is -0.807. The Hall–Kier alpha value is -1.32. The van der Waals surface area contributed by atoms with Gasteiger partial charge in [0.05, 0.1) is 5.69 Å². The summed E-state index contributed by atoms with van der Waals surface area (Å²) in [6.07, 6.45) is 15.7. The lowest BCUT2D eigenvalue weighted by molar-refractivity contribution is -0.0120. The van der Waals surface area contributed by atoms with Crippen molar-refractivity contribution >= 4 is 5.97 Å². The lowest BCUT2D eigenvalue weighted by Crippen LogP contribution is -2.50. The molecule has 0 unspecified atom stereocenters. The fraction of sp³-hybridized carbons (Fsp3) is 0.833. The third kappa shape index (κ3) is 2.13. The van der Waals surface area contributed by atoms with Crippen LogP contribution >= 0.6 is 0 Å². The average molecular weight is 381 g/mol. The van der Waals surface area contributed by atoms with Crippen LogP contribution in [0.4, 0.5) is 0 Å². The van der Waals surface area contributed by atoms with Crippen LogP contribution in [0.2, 0.25) is 0 Å². The molecule has 9 rings (SSSR count). The molecular weight excluding hydrogens is 348 g/mol. The van der Waals surface area contributed by atoms with Gasteiger partial charge in [-0.1, -0.05) is 0 Å². The van der Waals surface area contributed by atoms with Gasteiger partial charge in [-0.25, -0.2) is 9.78 Å². The fourth-order valence-electron chi connectivity index (χ4n) is 9.98. The van der Waals surface area contributed by atoms with Crippen LogP contribution in [-0.2, 0) is 10.8 Å². The Morgan fingerprint density at radius 3 is 1.54 bits per heavy atom. The summed E-state index contributed by atoms with van der Waals surface area (Å²) >= 11 is 0. The standard InChI is InChI=1S/C24H32N2O2/c27-21(28)19-20(23-7-13-1-14(8-23)3-15(2-13)9-23)26-22(25-19)24-10-16-4-17(11-24)6-18(5-16)12-24/h13-18H,1-12H2,(H,25,26)(H,27,28). The number of imidazole rings is 1. The van der Waals surface area contributed by atoms with Crippen molar-refractivity contribution in [2.24, 2.45) is 35.5 Å². The summed E-state index contributed by atoms with van der Waals surface area (Å²) in [6.45, 7) is 0. The van der Waals surface area contributed by atoms with Gasteiger partial charge in [0, 0.05) is 10.8 Å². The Morgan fingerprint density at radius 1 is 0.750 bits per heavy atom. The topological polar surface area (TPSA) is 66.0 Å². The molecule has 8 saturated carbocycles. The van der Waals surface area contributed by atoms with Gasteiger partial charge in [0.2, 0.25) is 0 Å². The van der Waals surface area contributed by atoms with Gasteiger partial charge in [-0.15, -0.1) is 0 Å². The monoisotopic (exact) mass is 380 g/mol. The first-order valence-electron chi connectivity index (χ1n) is 11.8. The first-order valence-corrected chi connectivity index (χ1v) is 11.8. The zero-order valence-corrected chi connectivity index (χ0v) is 16.8. The predicted octanol–water partition coefficient (Wildman–Crippen LogP) is 5.04. The summed E-state index contributed by atoms with van der Waals surface area (Å²) < 4.78 is 0. The molecule has 8 aliphatic rings. The third-order valence-corrected chi connectivity index (χ3v) is 10.0. The molecule has 0 spiro atoms. The van der Waals surface area contributed by atoms with Gasteiger partial charge in [-0.3, -0.25) is 0 Å². The molecule has 4 nitrogen and oxygen atoms in total. The second-order valence-electron chi connectivity index (χ2n) is 12.0. The van der Waals surface area contributed by atoms with E-state index in [0.717, 1.165) is 47.0 Å². The Bertz CT molecular complexity index is 782. The van der Waals surface area contributed by atoms with Crippen LogP contribution in [0.3, 0.4) is 0 Å². The smallest absolute Gasteiger partial charge is 0.356 e. The highest BCUT2D eigenvalue weighted by Gasteiger charge is 2.56. The van der Waals surface area contributed by atoms with E-state index >= 15 is 0 Å². The van der Waals surface area contributed by atoms with Crippen molar-refractivity contribution in [3.8, 4) is 0 Å². The van der Waals surface area contributed by atoms with Gasteiger partial charge < -0.3 is 10.1 Å². The van der Waals surface area contributed by atoms with Gasteiger partial charge in [0.25, 0.3) is 0 Å². The average Bonchev–Trinajstić information content (AvgIpc) is 3.07. The molecule has 1 heterocycles. The first-order chi connectivity index (χ1) is 13.5. The number of nitrogens with one attached hydrogen (secondary N) is 1. The lowest BCUT2D eigenvalue weighted by atomic mass is 9.48. The molecule has 8 bridgehead atoms. The summed E-state index contributed by atoms with van der Waals surface area (Å²) in [5, 5.41) is 10.1. The second-order valence-corrected chi connectivity index (χ2v) is 12.0. The normalized spacial score (nSPS) is 50.4. The molecule has 2 N–H and O–H groups in total. The maximum atomic E-state index is 12.3. The van der Waals surface area contributed by atoms with E-state index in [0.29, 0.717) is 5.69 Å². The summed E-state index contributed by atoms with van der Waals surface area (Å²) in [5.74, 6) is 5.28. The Labute approximate surface area is 166 Å². The van der Waals surface area contributed by atoms with Crippen molar-refractivity contribution in [1.29, 1.82) is 0 Å². The molecular formula is C24H32N2O2. The summed E-state index contributed by atoms with van der Waals surface area (Å²) in [4.78, 5) is 21.0. The number of carboxylic acid groups (broad SMARTS) is 1. The molecule has 8 fully saturated rings. The van der Waals surface area contributed by atoms with Crippen molar-refractivity contribution in [2.45, 2.75) is 87.9 Å². The van der Waals surface area contributed by atoms with Crippen LogP contribution in [0.5, 0.6) is 0 Å². The van der Waals surface area contributed by atoms with Gasteiger partial charge in [-0.2, -0.15) is 0 Å². The van der Waals surface area contributed by atoms with E-state index in [1.165, 1.54) is 77.0 Å². The van der Waals surface area contributed by atoms with E-state index < -0.39 is 5.97 Å². The molecule has 28 heavy (non-hydrogen) atoms. The summed E-state index contributed by atoms with van der Waals surface area (Å²) in [7, 11) is 0. The van der Waals surface area contributed by atoms with E-state index in [2.05, 4.69) is 4.98 Å². The minimum absolute atomic E-state index is 0.0794. The molecule has 0 atom stereocenters. The fourth-order valence-corrected chi connectivity index (χ4v) is 9.98. The number of aromatic amines is 1. The second kappa shape index (κ2) is 5.23. The molecule has 4 heteroatoms. The number of nitrogens with zero attached hydrogens (tertiary/aromatic N) is 1. The first kappa shape index (κ1) is 16.5. The largest absolute Gasteiger partial charge is 0.476 e. The lowest BCUT2D eigenvalue weighted by Gasteiger charge is -2.57. The van der Waals surface area contributed by atoms with E-state index in [4.69, 9.17) is 4.98 Å². The zero-order valence-electron chi connectivity index (χ0n) is 16.8. The zero-order chi connectivity index (χ0) is 18.7. The number of hydrogen-bond donors (Lipinski definition) is 2. The molecule has 0 aromatic carbocycles. The predicted molar refractivity (Wildman–Crippen MR) is 105 cm³/mol. The number of aromatic nitrogens is 2. The molecule has 0 aliphatic heterocycles. The molecule has 0 amide bonds. The molecule has 0 saturated heterocycles. The van der Waals surface area contributed by atoms with Crippen LogP contribution < -0.4 is 0 Å². The van der Waals surface area contributed by atoms with E-state index in [1.807, 2.05) is 0 Å². The van der Waals surface area contributed by atoms with Gasteiger partial charge in [0.15, 0.2) is 5.69 Å². The number of H-pyrrole nitrogens is 1. The van der Waals surface area contributed by atoms with E-state index in [9.17, 15) is 9.90 Å². The summed E-state index contributed by atoms with van der Waals surface area (Å²) in [6, 6.07) is 0. The van der Waals surface area contributed by atoms with Crippen LogP contribution in [0.1, 0.15) is 99.1 Å². The quantitative estimate of drug-likeness (QED) is 0.772. The SMILES string of the molecule is O=C(O)c1nc(C23CC4CC(CC(C4)C2)C3)[nH]c1C12CC3CC(CC(C3)C1)C2. The number of carboxylic acids is 1. The molecule has 0 radical (unpaired) electrons. The van der Waals surface area contributed by atoms with Crippen molar-refractivity contribution in [1.82, 2.24) is 9.97 Å². The maximum absolute atomic E-state index is 12.3. The highest BCUT2D eigenvalue weighted by Crippen LogP contribution is 2.63. The summed E-state index contributed by atoms with van der Waals surface area (Å²) in [5.41, 5.74) is 1.65. The molecule has 1 aromatic rings. The Kier molecular flexibility index (Phi) is 3.08. The minimum Gasteiger partial charge on any atom is -0.476 e. The van der Waals surface area contributed by atoms with Crippen LogP contribution in [0.15, 0.2) is 0 Å². The van der Waals surface area contributed by atoms with Gasteiger partial charge >= 0.3 is 5.97 Å². The van der Waals surface area contributed by atoms with E-state index in [-0.39, 0.29) is 10.8 Å². The third-order valence-electron chi connectivity index (χ3n) is 10.0. The Balaban J connectivity index is 1.33. The number of hydrogen-bond acceptors (Lipinski definition) is 2. The van der Waals surface area contributed by atoms with Crippen LogP contribution in [0, 0.1) is 35.5 Å². The Morgan fingerprint density at radius 2 is 1.14 bits per heavy atom.